The van der Waals surface area contributed by atoms with Crippen LogP contribution in [0.15, 0.2) is 45.6 Å². The molecule has 0 bridgehead atoms. The maximum atomic E-state index is 13.5. The van der Waals surface area contributed by atoms with Gasteiger partial charge in [-0.15, -0.1) is 5.06 Å². The average molecular weight is 597 g/mol. The molecule has 0 radical (unpaired) electrons. The van der Waals surface area contributed by atoms with E-state index in [9.17, 15) is 19.2 Å². The number of hydrogen-bond donors (Lipinski definition) is 3. The zero-order valence-electron chi connectivity index (χ0n) is 23.1. The maximum absolute atomic E-state index is 13.5. The first-order chi connectivity index (χ1) is 20.3. The maximum Gasteiger partial charge on any atom is 0.426 e. The van der Waals surface area contributed by atoms with Gasteiger partial charge < -0.3 is 29.7 Å². The Morgan fingerprint density at radius 1 is 1.07 bits per heavy atom. The Balaban J connectivity index is 1.09. The molecule has 3 aliphatic heterocycles. The number of amides is 4. The summed E-state index contributed by atoms with van der Waals surface area (Å²) in [6.07, 6.45) is 3.56. The van der Waals surface area contributed by atoms with Crippen LogP contribution in [-0.4, -0.2) is 76.1 Å². The molecule has 1 unspecified atom stereocenters. The zero-order chi connectivity index (χ0) is 29.2. The molecule has 4 amide bonds. The number of likely N-dealkylation sites (tertiary alicyclic amines) is 1. The zero-order valence-corrected chi connectivity index (χ0v) is 23.8. The molecule has 0 saturated carbocycles. The van der Waals surface area contributed by atoms with Crippen LogP contribution in [0.3, 0.4) is 0 Å². The smallest absolute Gasteiger partial charge is 0.408 e. The largest absolute Gasteiger partial charge is 0.426 e. The van der Waals surface area contributed by atoms with Crippen LogP contribution in [0.1, 0.15) is 43.2 Å². The molecule has 3 aromatic rings. The number of halogens is 1. The quantitative estimate of drug-likeness (QED) is 0.393. The number of nitrogens with zero attached hydrogens (tertiary/aromatic N) is 3. The van der Waals surface area contributed by atoms with Crippen molar-refractivity contribution >= 4 is 46.4 Å². The Hall–Kier alpha value is -4.03. The molecule has 3 N–H and O–H groups in total. The molecule has 2 fully saturated rings. The monoisotopic (exact) mass is 596 g/mol. The van der Waals surface area contributed by atoms with Crippen LogP contribution in [0.4, 0.5) is 15.3 Å². The first-order valence-corrected chi connectivity index (χ1v) is 14.7. The lowest BCUT2D eigenvalue weighted by atomic mass is 10.0. The Morgan fingerprint density at radius 3 is 2.62 bits per heavy atom. The van der Waals surface area contributed by atoms with Crippen LogP contribution in [0, 0.1) is 0 Å². The lowest BCUT2D eigenvalue weighted by Gasteiger charge is -2.39. The summed E-state index contributed by atoms with van der Waals surface area (Å²) in [7, 11) is 0. The summed E-state index contributed by atoms with van der Waals surface area (Å²) in [4.78, 5) is 62.7. The number of H-pyrrole nitrogens is 1. The van der Waals surface area contributed by atoms with Gasteiger partial charge in [-0.1, -0.05) is 29.8 Å². The van der Waals surface area contributed by atoms with Crippen LogP contribution in [-0.2, 0) is 22.6 Å². The highest BCUT2D eigenvalue weighted by molar-refractivity contribution is 6.34. The van der Waals surface area contributed by atoms with Gasteiger partial charge >= 0.3 is 17.9 Å². The lowest BCUT2D eigenvalue weighted by Crippen LogP contribution is -2.53. The number of hydroxylamine groups is 2. The topological polar surface area (TPSA) is 140 Å². The number of rotatable bonds is 6. The van der Waals surface area contributed by atoms with Crippen molar-refractivity contribution in [3.63, 3.8) is 0 Å². The van der Waals surface area contributed by atoms with Crippen molar-refractivity contribution in [2.75, 3.05) is 31.5 Å². The van der Waals surface area contributed by atoms with Crippen molar-refractivity contribution in [2.24, 2.45) is 0 Å². The second-order valence-corrected chi connectivity index (χ2v) is 11.4. The predicted molar refractivity (Wildman–Crippen MR) is 155 cm³/mol. The number of nitrogens with one attached hydrogen (secondary N) is 3. The summed E-state index contributed by atoms with van der Waals surface area (Å²) < 4.78 is 5.17. The van der Waals surface area contributed by atoms with Gasteiger partial charge in [0.25, 0.3) is 0 Å². The van der Waals surface area contributed by atoms with E-state index < -0.39 is 17.9 Å². The molecule has 2 saturated heterocycles. The number of oxazole rings is 1. The second kappa shape index (κ2) is 12.1. The summed E-state index contributed by atoms with van der Waals surface area (Å²) >= 11 is 6.35. The molecule has 1 atom stereocenters. The lowest BCUT2D eigenvalue weighted by molar-refractivity contribution is -0.136. The summed E-state index contributed by atoms with van der Waals surface area (Å²) in [6, 6.07) is 10.0. The van der Waals surface area contributed by atoms with Crippen LogP contribution in [0.2, 0.25) is 5.02 Å². The van der Waals surface area contributed by atoms with E-state index in [1.54, 1.807) is 22.1 Å². The minimum absolute atomic E-state index is 0.0165. The molecule has 12 nitrogen and oxygen atoms in total. The van der Waals surface area contributed by atoms with Gasteiger partial charge in [0, 0.05) is 50.9 Å². The number of piperidine rings is 2. The second-order valence-electron chi connectivity index (χ2n) is 11.0. The highest BCUT2D eigenvalue weighted by Gasteiger charge is 2.33. The summed E-state index contributed by atoms with van der Waals surface area (Å²) in [6.45, 7) is 2.69. The standard InChI is InChI=1S/C29H33ClN6O6/c30-21-14-18(16-24-25(21)33-28(39)41-24)15-23(26(37)34-10-4-1-5-11-34)32-29(40)42-35-12-8-20(9-13-35)36-17-19-6-2-3-7-22(19)31-27(36)38/h2-3,6-7,14,16,20,23H,1,4-5,8-13,15,17H2,(H,31,38)(H,32,40)(H,33,39). The van der Waals surface area contributed by atoms with Crippen molar-refractivity contribution < 1.29 is 23.6 Å². The van der Waals surface area contributed by atoms with Crippen LogP contribution < -0.4 is 16.4 Å². The average Bonchev–Trinajstić information content (AvgIpc) is 3.37. The summed E-state index contributed by atoms with van der Waals surface area (Å²) in [5.41, 5.74) is 3.20. The van der Waals surface area contributed by atoms with Gasteiger partial charge in [0.2, 0.25) is 5.91 Å². The Bertz CT molecular complexity index is 1540. The van der Waals surface area contributed by atoms with Crippen LogP contribution in [0.5, 0.6) is 0 Å². The van der Waals surface area contributed by atoms with E-state index in [-0.39, 0.29) is 35.0 Å². The predicted octanol–water partition coefficient (Wildman–Crippen LogP) is 3.85. The van der Waals surface area contributed by atoms with E-state index in [1.165, 1.54) is 0 Å². The molecule has 2 aromatic carbocycles. The number of benzene rings is 2. The number of aromatic nitrogens is 1. The van der Waals surface area contributed by atoms with Crippen molar-refractivity contribution in [2.45, 2.75) is 57.2 Å². The van der Waals surface area contributed by atoms with Crippen LogP contribution >= 0.6 is 11.6 Å². The number of aromatic amines is 1. The molecule has 1 aromatic heterocycles. The molecule has 0 aliphatic carbocycles. The minimum Gasteiger partial charge on any atom is -0.408 e. The molecular formula is C29H33ClN6O6. The number of carbonyl (C=O) groups excluding carboxylic acids is 3. The van der Waals surface area contributed by atoms with Gasteiger partial charge in [0.15, 0.2) is 5.58 Å². The molecule has 13 heteroatoms. The van der Waals surface area contributed by atoms with Gasteiger partial charge in [-0.05, 0) is 61.4 Å². The molecule has 42 heavy (non-hydrogen) atoms. The fourth-order valence-corrected chi connectivity index (χ4v) is 6.28. The third-order valence-corrected chi connectivity index (χ3v) is 8.48. The fraction of sp³-hybridized carbons (Fsp3) is 0.448. The Kier molecular flexibility index (Phi) is 8.07. The number of para-hydroxylation sites is 1. The van der Waals surface area contributed by atoms with Gasteiger partial charge in [-0.25, -0.2) is 14.4 Å². The molecule has 6 rings (SSSR count). The molecule has 0 spiro atoms. The van der Waals surface area contributed by atoms with Gasteiger partial charge in [-0.3, -0.25) is 9.78 Å². The van der Waals surface area contributed by atoms with E-state index in [1.807, 2.05) is 29.2 Å². The Labute approximate surface area is 246 Å². The van der Waals surface area contributed by atoms with E-state index in [4.69, 9.17) is 20.9 Å². The third-order valence-electron chi connectivity index (χ3n) is 8.18. The van der Waals surface area contributed by atoms with E-state index in [2.05, 4.69) is 15.6 Å². The highest BCUT2D eigenvalue weighted by Crippen LogP contribution is 2.28. The summed E-state index contributed by atoms with van der Waals surface area (Å²) in [5.74, 6) is -0.824. The molecule has 3 aliphatic rings. The number of hydrogen-bond acceptors (Lipinski definition) is 7. The fourth-order valence-electron chi connectivity index (χ4n) is 6.00. The summed E-state index contributed by atoms with van der Waals surface area (Å²) in [5, 5.41) is 7.58. The SMILES string of the molecule is O=C(NC(Cc1cc(Cl)c2[nH]c(=O)oc2c1)C(=O)N1CCCCC1)ON1CCC(N2Cc3ccccc3NC2=O)CC1. The highest BCUT2D eigenvalue weighted by atomic mass is 35.5. The van der Waals surface area contributed by atoms with Crippen molar-refractivity contribution in [1.29, 1.82) is 0 Å². The molecule has 222 valence electrons. The number of fused-ring (bicyclic) bond motifs is 2. The van der Waals surface area contributed by atoms with Gasteiger partial charge in [0.1, 0.15) is 11.6 Å². The van der Waals surface area contributed by atoms with Gasteiger partial charge in [-0.2, -0.15) is 0 Å². The first-order valence-electron chi connectivity index (χ1n) is 14.3. The van der Waals surface area contributed by atoms with Gasteiger partial charge in [0.05, 0.1) is 5.02 Å². The van der Waals surface area contributed by atoms with Crippen molar-refractivity contribution in [3.8, 4) is 0 Å². The first kappa shape index (κ1) is 28.1. The number of carbonyl (C=O) groups is 3. The van der Waals surface area contributed by atoms with E-state index in [0.717, 1.165) is 30.5 Å². The molecular weight excluding hydrogens is 564 g/mol. The number of urea groups is 1. The Morgan fingerprint density at radius 2 is 1.83 bits per heavy atom. The van der Waals surface area contributed by atoms with E-state index in [0.29, 0.717) is 56.6 Å². The normalized spacial score (nSPS) is 18.8. The van der Waals surface area contributed by atoms with Crippen LogP contribution in [0.25, 0.3) is 11.1 Å². The molecule has 4 heterocycles. The van der Waals surface area contributed by atoms with E-state index >= 15 is 0 Å². The third kappa shape index (κ3) is 6.09. The van der Waals surface area contributed by atoms with Crippen molar-refractivity contribution in [3.05, 3.63) is 63.1 Å². The minimum atomic E-state index is -0.899. The van der Waals surface area contributed by atoms with Crippen molar-refractivity contribution in [1.82, 2.24) is 25.2 Å². The number of anilines is 1.